The summed E-state index contributed by atoms with van der Waals surface area (Å²) in [6.45, 7) is 0.386. The van der Waals surface area contributed by atoms with Gasteiger partial charge >= 0.3 is 6.01 Å². The van der Waals surface area contributed by atoms with Crippen molar-refractivity contribution in [1.29, 1.82) is 0 Å². The Labute approximate surface area is 203 Å². The van der Waals surface area contributed by atoms with Crippen molar-refractivity contribution in [2.24, 2.45) is 5.92 Å². The fraction of sp³-hybridized carbons (Fsp3) is 0.318. The molecule has 0 radical (unpaired) electrons. The van der Waals surface area contributed by atoms with Crippen molar-refractivity contribution >= 4 is 32.0 Å². The number of carbonyl (C=O) groups excluding carboxylic acids is 1. The smallest absolute Gasteiger partial charge is 0.322 e. The summed E-state index contributed by atoms with van der Waals surface area (Å²) in [5.74, 6) is -0.889. The highest BCUT2D eigenvalue weighted by Crippen LogP contribution is 2.26. The zero-order valence-corrected chi connectivity index (χ0v) is 20.8. The number of amides is 1. The number of rotatable bonds is 7. The van der Waals surface area contributed by atoms with E-state index in [9.17, 15) is 21.6 Å². The fourth-order valence-electron chi connectivity index (χ4n) is 3.69. The average molecular weight is 520 g/mol. The van der Waals surface area contributed by atoms with Gasteiger partial charge in [-0.1, -0.05) is 23.3 Å². The van der Waals surface area contributed by atoms with Crippen LogP contribution in [0.25, 0.3) is 11.5 Å². The molecule has 1 aromatic heterocycles. The molecule has 2 aromatic carbocycles. The molecule has 1 aliphatic heterocycles. The molecule has 11 nitrogen and oxygen atoms in total. The van der Waals surface area contributed by atoms with Gasteiger partial charge in [-0.15, -0.1) is 5.10 Å². The second kappa shape index (κ2) is 9.85. The number of nitrogens with zero attached hydrogens (tertiary/aromatic N) is 4. The molecule has 1 aliphatic rings. The molecule has 1 saturated heterocycles. The van der Waals surface area contributed by atoms with Crippen LogP contribution in [0.3, 0.4) is 0 Å². The summed E-state index contributed by atoms with van der Waals surface area (Å²) in [5, 5.41) is 10.3. The average Bonchev–Trinajstić information content (AvgIpc) is 3.33. The van der Waals surface area contributed by atoms with Crippen LogP contribution in [0.5, 0.6) is 0 Å². The third kappa shape index (κ3) is 5.27. The van der Waals surface area contributed by atoms with Gasteiger partial charge in [-0.05, 0) is 49.2 Å². The fourth-order valence-corrected chi connectivity index (χ4v) is 6.14. The lowest BCUT2D eigenvalue weighted by atomic mass is 9.99. The largest absolute Gasteiger partial charge is 0.403 e. The standard InChI is InChI=1S/C22H25N5O6S2/c1-26(2)34(29,30)19-12-10-16(11-13-19)21-24-25-22(33-21)23-20(28)17-7-6-14-27(15-17)35(31,32)18-8-4-3-5-9-18/h3-5,8-13,17H,6-7,14-15H2,1-2H3,(H,23,25,28). The predicted octanol–water partition coefficient (Wildman–Crippen LogP) is 2.03. The van der Waals surface area contributed by atoms with Crippen molar-refractivity contribution < 1.29 is 26.0 Å². The zero-order chi connectivity index (χ0) is 25.2. The second-order valence-electron chi connectivity index (χ2n) is 8.23. The Morgan fingerprint density at radius 3 is 2.34 bits per heavy atom. The first-order valence-corrected chi connectivity index (χ1v) is 13.7. The molecule has 1 unspecified atom stereocenters. The number of anilines is 1. The first-order valence-electron chi connectivity index (χ1n) is 10.8. The predicted molar refractivity (Wildman–Crippen MR) is 127 cm³/mol. The topological polar surface area (TPSA) is 143 Å². The Balaban J connectivity index is 1.43. The maximum absolute atomic E-state index is 12.9. The summed E-state index contributed by atoms with van der Waals surface area (Å²) in [6, 6.07) is 13.9. The van der Waals surface area contributed by atoms with E-state index in [0.29, 0.717) is 24.9 Å². The minimum Gasteiger partial charge on any atom is -0.403 e. The highest BCUT2D eigenvalue weighted by Gasteiger charge is 2.33. The number of piperidine rings is 1. The van der Waals surface area contributed by atoms with E-state index >= 15 is 0 Å². The van der Waals surface area contributed by atoms with Crippen LogP contribution in [0.1, 0.15) is 12.8 Å². The van der Waals surface area contributed by atoms with E-state index in [4.69, 9.17) is 4.42 Å². The van der Waals surface area contributed by atoms with Crippen molar-refractivity contribution in [2.45, 2.75) is 22.6 Å². The van der Waals surface area contributed by atoms with Crippen LogP contribution >= 0.6 is 0 Å². The van der Waals surface area contributed by atoms with Gasteiger partial charge < -0.3 is 4.42 Å². The van der Waals surface area contributed by atoms with Crippen LogP contribution in [-0.4, -0.2) is 68.7 Å². The van der Waals surface area contributed by atoms with E-state index in [1.54, 1.807) is 18.2 Å². The van der Waals surface area contributed by atoms with E-state index < -0.39 is 31.9 Å². The Bertz CT molecular complexity index is 1400. The molecule has 0 aliphatic carbocycles. The molecule has 0 spiro atoms. The third-order valence-electron chi connectivity index (χ3n) is 5.67. The normalized spacial score (nSPS) is 17.4. The molecular weight excluding hydrogens is 494 g/mol. The van der Waals surface area contributed by atoms with Gasteiger partial charge in [0.2, 0.25) is 31.8 Å². The van der Waals surface area contributed by atoms with Crippen molar-refractivity contribution in [3.63, 3.8) is 0 Å². The first-order chi connectivity index (χ1) is 16.6. The molecule has 1 N–H and O–H groups in total. The van der Waals surface area contributed by atoms with Gasteiger partial charge in [0.15, 0.2) is 0 Å². The number of carbonyl (C=O) groups is 1. The molecular formula is C22H25N5O6S2. The van der Waals surface area contributed by atoms with E-state index in [0.717, 1.165) is 4.31 Å². The van der Waals surface area contributed by atoms with Gasteiger partial charge in [0.1, 0.15) is 0 Å². The lowest BCUT2D eigenvalue weighted by molar-refractivity contribution is -0.121. The summed E-state index contributed by atoms with van der Waals surface area (Å²) < 4.78 is 58.2. The molecule has 1 fully saturated rings. The van der Waals surface area contributed by atoms with Crippen molar-refractivity contribution in [1.82, 2.24) is 18.8 Å². The van der Waals surface area contributed by atoms with Crippen molar-refractivity contribution in [3.8, 4) is 11.5 Å². The summed E-state index contributed by atoms with van der Waals surface area (Å²) in [7, 11) is -4.38. The number of aromatic nitrogens is 2. The molecule has 35 heavy (non-hydrogen) atoms. The van der Waals surface area contributed by atoms with E-state index in [1.807, 2.05) is 0 Å². The van der Waals surface area contributed by atoms with Crippen LogP contribution in [0.2, 0.25) is 0 Å². The monoisotopic (exact) mass is 519 g/mol. The molecule has 2 heterocycles. The quantitative estimate of drug-likeness (QED) is 0.500. The van der Waals surface area contributed by atoms with Crippen LogP contribution < -0.4 is 5.32 Å². The summed E-state index contributed by atoms with van der Waals surface area (Å²) >= 11 is 0. The van der Waals surface area contributed by atoms with Crippen LogP contribution in [0, 0.1) is 5.92 Å². The van der Waals surface area contributed by atoms with Crippen LogP contribution in [-0.2, 0) is 24.8 Å². The Morgan fingerprint density at radius 2 is 1.69 bits per heavy atom. The molecule has 0 saturated carbocycles. The van der Waals surface area contributed by atoms with Crippen LogP contribution in [0.4, 0.5) is 6.01 Å². The number of sulfonamides is 2. The number of hydrogen-bond acceptors (Lipinski definition) is 8. The summed E-state index contributed by atoms with van der Waals surface area (Å²) in [5.41, 5.74) is 0.480. The van der Waals surface area contributed by atoms with Crippen LogP contribution in [0.15, 0.2) is 68.8 Å². The first kappa shape index (κ1) is 25.0. The van der Waals surface area contributed by atoms with Gasteiger partial charge in [-0.25, -0.2) is 21.1 Å². The SMILES string of the molecule is CN(C)S(=O)(=O)c1ccc(-c2nnc(NC(=O)C3CCCN(S(=O)(=O)c4ccccc4)C3)o2)cc1. The van der Waals surface area contributed by atoms with Gasteiger partial charge in [0, 0.05) is 32.7 Å². The molecule has 13 heteroatoms. The third-order valence-corrected chi connectivity index (χ3v) is 9.38. The Morgan fingerprint density at radius 1 is 1.00 bits per heavy atom. The highest BCUT2D eigenvalue weighted by molar-refractivity contribution is 7.89. The molecule has 186 valence electrons. The maximum Gasteiger partial charge on any atom is 0.322 e. The number of hydrogen-bond donors (Lipinski definition) is 1. The lowest BCUT2D eigenvalue weighted by Crippen LogP contribution is -2.43. The Hall–Kier alpha value is -3.13. The molecule has 1 atom stereocenters. The minimum atomic E-state index is -3.70. The number of nitrogens with one attached hydrogen (secondary N) is 1. The molecule has 3 aromatic rings. The van der Waals surface area contributed by atoms with Gasteiger partial charge in [-0.2, -0.15) is 4.31 Å². The second-order valence-corrected chi connectivity index (χ2v) is 12.3. The highest BCUT2D eigenvalue weighted by atomic mass is 32.2. The van der Waals surface area contributed by atoms with E-state index in [2.05, 4.69) is 15.5 Å². The Kier molecular flexibility index (Phi) is 7.03. The van der Waals surface area contributed by atoms with E-state index in [1.165, 1.54) is 54.8 Å². The zero-order valence-electron chi connectivity index (χ0n) is 19.2. The summed E-state index contributed by atoms with van der Waals surface area (Å²) in [6.07, 6.45) is 1.07. The van der Waals surface area contributed by atoms with Crippen molar-refractivity contribution in [3.05, 3.63) is 54.6 Å². The molecule has 0 bridgehead atoms. The van der Waals surface area contributed by atoms with Gasteiger partial charge in [-0.3, -0.25) is 10.1 Å². The lowest BCUT2D eigenvalue weighted by Gasteiger charge is -2.30. The summed E-state index contributed by atoms with van der Waals surface area (Å²) in [4.78, 5) is 13.1. The molecule has 1 amide bonds. The van der Waals surface area contributed by atoms with Gasteiger partial charge in [0.25, 0.3) is 0 Å². The van der Waals surface area contributed by atoms with Crippen molar-refractivity contribution in [2.75, 3.05) is 32.5 Å². The molecule has 4 rings (SSSR count). The maximum atomic E-state index is 12.9. The van der Waals surface area contributed by atoms with E-state index in [-0.39, 0.29) is 28.2 Å². The van der Waals surface area contributed by atoms with Gasteiger partial charge in [0.05, 0.1) is 15.7 Å². The number of benzene rings is 2. The minimum absolute atomic E-state index is 0.0475.